The number of hydrogen-bond acceptors (Lipinski definition) is 4. The van der Waals surface area contributed by atoms with Crippen molar-refractivity contribution in [1.29, 1.82) is 0 Å². The van der Waals surface area contributed by atoms with Crippen LogP contribution in [0.25, 0.3) is 10.8 Å². The third-order valence-electron chi connectivity index (χ3n) is 4.20. The molecule has 0 bridgehead atoms. The predicted octanol–water partition coefficient (Wildman–Crippen LogP) is 3.96. The molecular formula is C22H21NO4. The Morgan fingerprint density at radius 2 is 1.67 bits per heavy atom. The van der Waals surface area contributed by atoms with Crippen LogP contribution in [0, 0.1) is 0 Å². The monoisotopic (exact) mass is 363 g/mol. The van der Waals surface area contributed by atoms with E-state index in [1.807, 2.05) is 48.5 Å². The Morgan fingerprint density at radius 1 is 0.963 bits per heavy atom. The number of carbonyl (C=O) groups excluding carboxylic acids is 2. The number of amides is 1. The van der Waals surface area contributed by atoms with Crippen molar-refractivity contribution in [1.82, 2.24) is 0 Å². The molecule has 0 aliphatic carbocycles. The molecular weight excluding hydrogens is 342 g/mol. The largest absolute Gasteiger partial charge is 0.495 e. The van der Waals surface area contributed by atoms with Crippen LogP contribution >= 0.6 is 0 Å². The number of anilines is 1. The molecule has 0 aliphatic heterocycles. The van der Waals surface area contributed by atoms with E-state index in [2.05, 4.69) is 5.32 Å². The van der Waals surface area contributed by atoms with Gasteiger partial charge in [0, 0.05) is 0 Å². The van der Waals surface area contributed by atoms with Crippen molar-refractivity contribution >= 4 is 28.3 Å². The van der Waals surface area contributed by atoms with Crippen LogP contribution in [0.15, 0.2) is 66.7 Å². The van der Waals surface area contributed by atoms with Crippen LogP contribution in [-0.4, -0.2) is 25.1 Å². The Hall–Kier alpha value is -3.34. The molecule has 0 fully saturated rings. The first-order chi connectivity index (χ1) is 13.1. The summed E-state index contributed by atoms with van der Waals surface area (Å²) >= 11 is 0. The summed E-state index contributed by atoms with van der Waals surface area (Å²) in [6.07, 6.45) is -0.806. The van der Waals surface area contributed by atoms with Crippen molar-refractivity contribution < 1.29 is 19.1 Å². The molecule has 0 saturated carbocycles. The number of nitrogens with one attached hydrogen (secondary N) is 1. The van der Waals surface area contributed by atoms with Crippen LogP contribution in [0.3, 0.4) is 0 Å². The second-order valence-corrected chi connectivity index (χ2v) is 6.18. The molecule has 1 atom stereocenters. The van der Waals surface area contributed by atoms with Crippen molar-refractivity contribution in [3.63, 3.8) is 0 Å². The maximum atomic E-state index is 12.3. The zero-order valence-corrected chi connectivity index (χ0v) is 15.3. The summed E-state index contributed by atoms with van der Waals surface area (Å²) in [6.45, 7) is 1.54. The standard InChI is InChI=1S/C22H21NO4/c1-15(22(25)23-19-9-5-6-10-20(19)26-2)27-21(24)14-16-11-12-17-7-3-4-8-18(17)13-16/h3-13,15H,14H2,1-2H3,(H,23,25)/t15-/m0/s1. The molecule has 0 heterocycles. The van der Waals surface area contributed by atoms with Crippen LogP contribution < -0.4 is 10.1 Å². The number of ether oxygens (including phenoxy) is 2. The molecule has 138 valence electrons. The molecule has 27 heavy (non-hydrogen) atoms. The molecule has 0 saturated heterocycles. The van der Waals surface area contributed by atoms with E-state index in [1.54, 1.807) is 25.1 Å². The van der Waals surface area contributed by atoms with Gasteiger partial charge in [-0.1, -0.05) is 54.6 Å². The highest BCUT2D eigenvalue weighted by molar-refractivity contribution is 5.96. The Bertz CT molecular complexity index is 967. The van der Waals surface area contributed by atoms with Gasteiger partial charge in [-0.25, -0.2) is 0 Å². The van der Waals surface area contributed by atoms with Gasteiger partial charge >= 0.3 is 5.97 Å². The zero-order chi connectivity index (χ0) is 19.2. The molecule has 1 N–H and O–H groups in total. The molecule has 5 heteroatoms. The van der Waals surface area contributed by atoms with E-state index in [1.165, 1.54) is 7.11 Å². The van der Waals surface area contributed by atoms with Gasteiger partial charge < -0.3 is 14.8 Å². The number of hydrogen-bond donors (Lipinski definition) is 1. The minimum atomic E-state index is -0.914. The van der Waals surface area contributed by atoms with Crippen LogP contribution in [0.1, 0.15) is 12.5 Å². The first-order valence-corrected chi connectivity index (χ1v) is 8.68. The molecule has 5 nitrogen and oxygen atoms in total. The Labute approximate surface area is 157 Å². The number of methoxy groups -OCH3 is 1. The predicted molar refractivity (Wildman–Crippen MR) is 105 cm³/mol. The molecule has 0 radical (unpaired) electrons. The molecule has 0 aromatic heterocycles. The van der Waals surface area contributed by atoms with Crippen LogP contribution in [-0.2, 0) is 20.7 Å². The van der Waals surface area contributed by atoms with Crippen molar-refractivity contribution in [3.8, 4) is 5.75 Å². The highest BCUT2D eigenvalue weighted by atomic mass is 16.5. The van der Waals surface area contributed by atoms with Gasteiger partial charge in [-0.3, -0.25) is 9.59 Å². The van der Waals surface area contributed by atoms with Crippen molar-refractivity contribution in [2.24, 2.45) is 0 Å². The van der Waals surface area contributed by atoms with Crippen LogP contribution in [0.2, 0.25) is 0 Å². The van der Waals surface area contributed by atoms with Crippen LogP contribution in [0.4, 0.5) is 5.69 Å². The van der Waals surface area contributed by atoms with E-state index >= 15 is 0 Å². The van der Waals surface area contributed by atoms with E-state index in [9.17, 15) is 9.59 Å². The summed E-state index contributed by atoms with van der Waals surface area (Å²) in [5.41, 5.74) is 1.37. The lowest BCUT2D eigenvalue weighted by atomic mass is 10.1. The summed E-state index contributed by atoms with van der Waals surface area (Å²) in [6, 6.07) is 20.8. The second-order valence-electron chi connectivity index (χ2n) is 6.18. The minimum absolute atomic E-state index is 0.108. The van der Waals surface area contributed by atoms with Gasteiger partial charge in [-0.05, 0) is 35.4 Å². The maximum Gasteiger partial charge on any atom is 0.311 e. The second kappa shape index (κ2) is 8.36. The molecule has 0 spiro atoms. The highest BCUT2D eigenvalue weighted by Crippen LogP contribution is 2.23. The zero-order valence-electron chi connectivity index (χ0n) is 15.3. The summed E-state index contributed by atoms with van der Waals surface area (Å²) in [4.78, 5) is 24.5. The summed E-state index contributed by atoms with van der Waals surface area (Å²) in [5.74, 6) is -0.320. The first kappa shape index (κ1) is 18.5. The maximum absolute atomic E-state index is 12.3. The topological polar surface area (TPSA) is 64.6 Å². The van der Waals surface area contributed by atoms with E-state index in [0.29, 0.717) is 11.4 Å². The lowest BCUT2D eigenvalue weighted by molar-refractivity contribution is -0.152. The fraction of sp³-hybridized carbons (Fsp3) is 0.182. The molecule has 1 amide bonds. The van der Waals surface area contributed by atoms with E-state index in [0.717, 1.165) is 16.3 Å². The quantitative estimate of drug-likeness (QED) is 0.673. The van der Waals surface area contributed by atoms with Gasteiger partial charge in [0.1, 0.15) is 5.75 Å². The average Bonchev–Trinajstić information content (AvgIpc) is 2.68. The third-order valence-corrected chi connectivity index (χ3v) is 4.20. The highest BCUT2D eigenvalue weighted by Gasteiger charge is 2.19. The van der Waals surface area contributed by atoms with E-state index in [4.69, 9.17) is 9.47 Å². The fourth-order valence-electron chi connectivity index (χ4n) is 2.79. The van der Waals surface area contributed by atoms with Crippen molar-refractivity contribution in [2.45, 2.75) is 19.4 Å². The van der Waals surface area contributed by atoms with Gasteiger partial charge in [0.05, 0.1) is 19.2 Å². The number of para-hydroxylation sites is 2. The number of fused-ring (bicyclic) bond motifs is 1. The third kappa shape index (κ3) is 4.64. The smallest absolute Gasteiger partial charge is 0.311 e. The van der Waals surface area contributed by atoms with Crippen molar-refractivity contribution in [2.75, 3.05) is 12.4 Å². The first-order valence-electron chi connectivity index (χ1n) is 8.68. The lowest BCUT2D eigenvalue weighted by Gasteiger charge is -2.15. The van der Waals surface area contributed by atoms with E-state index < -0.39 is 18.0 Å². The average molecular weight is 363 g/mol. The van der Waals surface area contributed by atoms with Gasteiger partial charge in [0.25, 0.3) is 5.91 Å². The van der Waals surface area contributed by atoms with Gasteiger partial charge in [-0.15, -0.1) is 0 Å². The Kier molecular flexibility index (Phi) is 5.71. The summed E-state index contributed by atoms with van der Waals surface area (Å²) < 4.78 is 10.5. The number of rotatable bonds is 6. The molecule has 3 aromatic rings. The van der Waals surface area contributed by atoms with Gasteiger partial charge in [-0.2, -0.15) is 0 Å². The number of benzene rings is 3. The van der Waals surface area contributed by atoms with Crippen molar-refractivity contribution in [3.05, 3.63) is 72.3 Å². The lowest BCUT2D eigenvalue weighted by Crippen LogP contribution is -2.30. The molecule has 0 unspecified atom stereocenters. The fourth-order valence-corrected chi connectivity index (χ4v) is 2.79. The van der Waals surface area contributed by atoms with Crippen LogP contribution in [0.5, 0.6) is 5.75 Å². The SMILES string of the molecule is COc1ccccc1NC(=O)[C@H](C)OC(=O)Cc1ccc2ccccc2c1. The Balaban J connectivity index is 1.60. The number of carbonyl (C=O) groups is 2. The molecule has 0 aliphatic rings. The summed E-state index contributed by atoms with van der Waals surface area (Å²) in [5, 5.41) is 4.88. The van der Waals surface area contributed by atoms with Gasteiger partial charge in [0.2, 0.25) is 0 Å². The Morgan fingerprint density at radius 3 is 2.44 bits per heavy atom. The summed E-state index contributed by atoms with van der Waals surface area (Å²) in [7, 11) is 1.53. The minimum Gasteiger partial charge on any atom is -0.495 e. The van der Waals surface area contributed by atoms with E-state index in [-0.39, 0.29) is 6.42 Å². The molecule has 3 aromatic carbocycles. The normalized spacial score (nSPS) is 11.6. The number of esters is 1. The molecule has 3 rings (SSSR count). The van der Waals surface area contributed by atoms with Gasteiger partial charge in [0.15, 0.2) is 6.10 Å².